The maximum Gasteiger partial charge on any atom is 0.327 e. The van der Waals surface area contributed by atoms with Crippen molar-refractivity contribution in [3.8, 4) is 0 Å². The van der Waals surface area contributed by atoms with Gasteiger partial charge in [0.25, 0.3) is 0 Å². The molecule has 5 nitrogen and oxygen atoms in total. The topological polar surface area (TPSA) is 64.4 Å². The lowest BCUT2D eigenvalue weighted by Crippen LogP contribution is -2.30. The van der Waals surface area contributed by atoms with E-state index < -0.39 is 6.04 Å². The quantitative estimate of drug-likeness (QED) is 0.819. The van der Waals surface area contributed by atoms with Crippen LogP contribution in [-0.2, 0) is 16.1 Å². The summed E-state index contributed by atoms with van der Waals surface area (Å²) in [6.07, 6.45) is 1.65. The Morgan fingerprint density at radius 2 is 2.15 bits per heavy atom. The van der Waals surface area contributed by atoms with E-state index in [-0.39, 0.29) is 5.97 Å². The first kappa shape index (κ1) is 14.3. The number of carbonyl (C=O) groups is 1. The number of esters is 1. The molecule has 0 radical (unpaired) electrons. The summed E-state index contributed by atoms with van der Waals surface area (Å²) in [5, 5.41) is 3.12. The van der Waals surface area contributed by atoms with Crippen LogP contribution in [0.1, 0.15) is 30.2 Å². The molecule has 0 aliphatic carbocycles. The van der Waals surface area contributed by atoms with Crippen LogP contribution in [0.2, 0.25) is 0 Å². The largest absolute Gasteiger partial charge is 0.465 e. The van der Waals surface area contributed by atoms with Gasteiger partial charge < -0.3 is 9.15 Å². The predicted octanol–water partition coefficient (Wildman–Crippen LogP) is 2.38. The highest BCUT2D eigenvalue weighted by Gasteiger charge is 2.21. The van der Waals surface area contributed by atoms with Gasteiger partial charge in [-0.3, -0.25) is 5.32 Å². The third-order valence-electron chi connectivity index (χ3n) is 2.78. The number of rotatable bonds is 6. The second-order valence-corrected chi connectivity index (χ2v) is 4.34. The maximum atomic E-state index is 12.0. The molecule has 1 heterocycles. The van der Waals surface area contributed by atoms with Gasteiger partial charge in [-0.15, -0.1) is 0 Å². The molecule has 2 aromatic rings. The molecule has 1 atom stereocenters. The lowest BCUT2D eigenvalue weighted by molar-refractivity contribution is -0.145. The van der Waals surface area contributed by atoms with Crippen LogP contribution < -0.4 is 5.32 Å². The molecule has 5 heteroatoms. The number of nitrogens with one attached hydrogen (secondary N) is 1. The van der Waals surface area contributed by atoms with Crippen LogP contribution >= 0.6 is 0 Å². The summed E-state index contributed by atoms with van der Waals surface area (Å²) < 4.78 is 10.5. The number of aryl methyl sites for hydroxylation is 1. The van der Waals surface area contributed by atoms with Crippen molar-refractivity contribution in [2.24, 2.45) is 0 Å². The minimum Gasteiger partial charge on any atom is -0.465 e. The van der Waals surface area contributed by atoms with Gasteiger partial charge in [-0.1, -0.05) is 30.3 Å². The van der Waals surface area contributed by atoms with Gasteiger partial charge in [0.15, 0.2) is 0 Å². The lowest BCUT2D eigenvalue weighted by Gasteiger charge is -2.16. The average Bonchev–Trinajstić information content (AvgIpc) is 2.86. The van der Waals surface area contributed by atoms with E-state index in [9.17, 15) is 4.79 Å². The Morgan fingerprint density at radius 1 is 1.40 bits per heavy atom. The molecule has 1 aromatic carbocycles. The van der Waals surface area contributed by atoms with Crippen molar-refractivity contribution in [2.75, 3.05) is 6.61 Å². The van der Waals surface area contributed by atoms with Crippen LogP contribution in [0, 0.1) is 6.92 Å². The summed E-state index contributed by atoms with van der Waals surface area (Å²) in [6, 6.07) is 8.92. The van der Waals surface area contributed by atoms with Crippen molar-refractivity contribution in [1.29, 1.82) is 0 Å². The number of aromatic nitrogens is 1. The zero-order valence-electron chi connectivity index (χ0n) is 11.6. The fourth-order valence-corrected chi connectivity index (χ4v) is 1.88. The van der Waals surface area contributed by atoms with Gasteiger partial charge >= 0.3 is 5.97 Å². The summed E-state index contributed by atoms with van der Waals surface area (Å²) in [7, 11) is 0. The fraction of sp³-hybridized carbons (Fsp3) is 0.333. The standard InChI is InChI=1S/C15H18N2O3/c1-3-19-15(18)14(12-7-5-4-6-8-12)17-10-13-16-9-11(2)20-13/h4-9,14,17H,3,10H2,1-2H3. The van der Waals surface area contributed by atoms with Gasteiger partial charge in [0.2, 0.25) is 5.89 Å². The molecule has 1 aromatic heterocycles. The number of benzene rings is 1. The Hall–Kier alpha value is -2.14. The van der Waals surface area contributed by atoms with Crippen molar-refractivity contribution >= 4 is 5.97 Å². The Balaban J connectivity index is 2.08. The van der Waals surface area contributed by atoms with E-state index in [0.717, 1.165) is 11.3 Å². The molecule has 106 valence electrons. The van der Waals surface area contributed by atoms with Crippen molar-refractivity contribution in [3.05, 3.63) is 53.7 Å². The fourth-order valence-electron chi connectivity index (χ4n) is 1.88. The van der Waals surface area contributed by atoms with Crippen LogP contribution in [0.5, 0.6) is 0 Å². The monoisotopic (exact) mass is 274 g/mol. The molecule has 1 unspecified atom stereocenters. The highest BCUT2D eigenvalue weighted by Crippen LogP contribution is 2.15. The molecular formula is C15H18N2O3. The predicted molar refractivity (Wildman–Crippen MR) is 73.9 cm³/mol. The molecule has 1 N–H and O–H groups in total. The molecule has 0 fully saturated rings. The molecule has 0 bridgehead atoms. The normalized spacial score (nSPS) is 12.1. The first-order chi connectivity index (χ1) is 9.70. The summed E-state index contributed by atoms with van der Waals surface area (Å²) in [5.74, 6) is 0.990. The Morgan fingerprint density at radius 3 is 2.75 bits per heavy atom. The number of hydrogen-bond donors (Lipinski definition) is 1. The molecule has 0 aliphatic rings. The molecule has 20 heavy (non-hydrogen) atoms. The minimum atomic E-state index is -0.525. The summed E-state index contributed by atoms with van der Waals surface area (Å²) >= 11 is 0. The zero-order valence-corrected chi connectivity index (χ0v) is 11.6. The van der Waals surface area contributed by atoms with E-state index in [1.165, 1.54) is 0 Å². The van der Waals surface area contributed by atoms with E-state index in [1.807, 2.05) is 37.3 Å². The van der Waals surface area contributed by atoms with Crippen molar-refractivity contribution in [2.45, 2.75) is 26.4 Å². The molecule has 2 rings (SSSR count). The summed E-state index contributed by atoms with van der Waals surface area (Å²) in [4.78, 5) is 16.1. The summed E-state index contributed by atoms with van der Waals surface area (Å²) in [5.41, 5.74) is 0.856. The van der Waals surface area contributed by atoms with Crippen LogP contribution in [0.4, 0.5) is 0 Å². The van der Waals surface area contributed by atoms with Crippen LogP contribution in [0.15, 0.2) is 40.9 Å². The van der Waals surface area contributed by atoms with Gasteiger partial charge in [-0.05, 0) is 19.4 Å². The van der Waals surface area contributed by atoms with Gasteiger partial charge in [0.05, 0.1) is 19.3 Å². The molecule has 0 spiro atoms. The number of ether oxygens (including phenoxy) is 1. The number of oxazole rings is 1. The van der Waals surface area contributed by atoms with Gasteiger partial charge in [-0.25, -0.2) is 9.78 Å². The SMILES string of the molecule is CCOC(=O)C(NCc1ncc(C)o1)c1ccccc1. The average molecular weight is 274 g/mol. The molecular weight excluding hydrogens is 256 g/mol. The van der Waals surface area contributed by atoms with E-state index in [2.05, 4.69) is 10.3 Å². The zero-order chi connectivity index (χ0) is 14.4. The van der Waals surface area contributed by atoms with E-state index in [1.54, 1.807) is 13.1 Å². The Kier molecular flexibility index (Phi) is 4.90. The summed E-state index contributed by atoms with van der Waals surface area (Å²) in [6.45, 7) is 4.34. The smallest absolute Gasteiger partial charge is 0.327 e. The van der Waals surface area contributed by atoms with Gasteiger partial charge in [0, 0.05) is 0 Å². The first-order valence-electron chi connectivity index (χ1n) is 6.57. The highest BCUT2D eigenvalue weighted by molar-refractivity contribution is 5.77. The molecule has 0 aliphatic heterocycles. The Bertz CT molecular complexity index is 551. The molecule has 0 amide bonds. The van der Waals surface area contributed by atoms with Crippen LogP contribution in [-0.4, -0.2) is 17.6 Å². The first-order valence-corrected chi connectivity index (χ1v) is 6.57. The Labute approximate surface area is 118 Å². The second kappa shape index (κ2) is 6.86. The van der Waals surface area contributed by atoms with Crippen molar-refractivity contribution < 1.29 is 13.9 Å². The van der Waals surface area contributed by atoms with Crippen molar-refractivity contribution in [1.82, 2.24) is 10.3 Å². The van der Waals surface area contributed by atoms with Crippen molar-refractivity contribution in [3.63, 3.8) is 0 Å². The van der Waals surface area contributed by atoms with E-state index >= 15 is 0 Å². The number of nitrogens with zero attached hydrogens (tertiary/aromatic N) is 1. The number of hydrogen-bond acceptors (Lipinski definition) is 5. The molecule has 0 saturated heterocycles. The molecule has 0 saturated carbocycles. The lowest BCUT2D eigenvalue weighted by atomic mass is 10.1. The van der Waals surface area contributed by atoms with E-state index in [4.69, 9.17) is 9.15 Å². The third-order valence-corrected chi connectivity index (χ3v) is 2.78. The van der Waals surface area contributed by atoms with Gasteiger partial charge in [-0.2, -0.15) is 0 Å². The van der Waals surface area contributed by atoms with Crippen LogP contribution in [0.3, 0.4) is 0 Å². The number of carbonyl (C=O) groups excluding carboxylic acids is 1. The third kappa shape index (κ3) is 3.68. The highest BCUT2D eigenvalue weighted by atomic mass is 16.5. The van der Waals surface area contributed by atoms with E-state index in [0.29, 0.717) is 19.0 Å². The second-order valence-electron chi connectivity index (χ2n) is 4.34. The maximum absolute atomic E-state index is 12.0. The van der Waals surface area contributed by atoms with Gasteiger partial charge in [0.1, 0.15) is 11.8 Å². The van der Waals surface area contributed by atoms with Crippen LogP contribution in [0.25, 0.3) is 0 Å². The minimum absolute atomic E-state index is 0.304.